The van der Waals surface area contributed by atoms with Gasteiger partial charge in [-0.3, -0.25) is 9.69 Å². The van der Waals surface area contributed by atoms with Crippen LogP contribution in [0.3, 0.4) is 0 Å². The molecule has 0 aliphatic carbocycles. The van der Waals surface area contributed by atoms with E-state index in [0.717, 1.165) is 43.9 Å². The van der Waals surface area contributed by atoms with Gasteiger partial charge in [0.25, 0.3) is 5.91 Å². The third-order valence-electron chi connectivity index (χ3n) is 5.61. The van der Waals surface area contributed by atoms with Crippen LogP contribution in [-0.4, -0.2) is 25.2 Å². The Morgan fingerprint density at radius 3 is 2.48 bits per heavy atom. The highest BCUT2D eigenvalue weighted by Gasteiger charge is 2.40. The van der Waals surface area contributed by atoms with Crippen molar-refractivity contribution in [3.05, 3.63) is 87.8 Å². The fourth-order valence-corrected chi connectivity index (χ4v) is 6.10. The number of carbonyl (C=O) groups is 1. The van der Waals surface area contributed by atoms with Crippen molar-refractivity contribution in [3.63, 3.8) is 0 Å². The second-order valence-electron chi connectivity index (χ2n) is 7.89. The molecule has 1 fully saturated rings. The number of aliphatic imine (C=N–C) groups is 1. The molecule has 166 valence electrons. The minimum atomic E-state index is -0.0654. The predicted molar refractivity (Wildman–Crippen MR) is 139 cm³/mol. The number of thioether (sulfide) groups is 2. The number of para-hydroxylation sites is 1. The molecule has 0 aromatic heterocycles. The second kappa shape index (κ2) is 8.65. The first-order valence-corrected chi connectivity index (χ1v) is 12.2. The van der Waals surface area contributed by atoms with Gasteiger partial charge in [-0.25, -0.2) is 4.99 Å². The van der Waals surface area contributed by atoms with E-state index in [0.29, 0.717) is 10.1 Å². The molecule has 33 heavy (non-hydrogen) atoms. The van der Waals surface area contributed by atoms with Crippen molar-refractivity contribution in [2.45, 2.75) is 18.7 Å². The van der Waals surface area contributed by atoms with Gasteiger partial charge in [0.2, 0.25) is 0 Å². The van der Waals surface area contributed by atoms with Crippen LogP contribution in [0.15, 0.2) is 86.6 Å². The van der Waals surface area contributed by atoms with Crippen molar-refractivity contribution >= 4 is 51.7 Å². The zero-order valence-corrected chi connectivity index (χ0v) is 20.5. The number of nitrogens with zero attached hydrogens (tertiary/aromatic N) is 3. The maximum absolute atomic E-state index is 13.8. The Balaban J connectivity index is 1.62. The summed E-state index contributed by atoms with van der Waals surface area (Å²) in [6.07, 6.45) is 0. The average molecular weight is 474 g/mol. The van der Waals surface area contributed by atoms with E-state index in [1.807, 2.05) is 69.4 Å². The molecule has 3 aromatic carbocycles. The number of amides is 1. The van der Waals surface area contributed by atoms with Gasteiger partial charge in [-0.2, -0.15) is 0 Å². The molecule has 7 heteroatoms. The summed E-state index contributed by atoms with van der Waals surface area (Å²) in [5.41, 5.74) is 4.91. The van der Waals surface area contributed by atoms with Gasteiger partial charge in [-0.1, -0.05) is 42.1 Å². The molecule has 2 aliphatic rings. The van der Waals surface area contributed by atoms with Crippen LogP contribution in [0, 0.1) is 13.8 Å². The van der Waals surface area contributed by atoms with Crippen LogP contribution in [-0.2, 0) is 4.79 Å². The Labute approximate surface area is 202 Å². The molecule has 0 spiro atoms. The summed E-state index contributed by atoms with van der Waals surface area (Å²) in [5.74, 6) is 0.727. The molecule has 2 aliphatic heterocycles. The quantitative estimate of drug-likeness (QED) is 0.407. The fraction of sp³-hybridized carbons (Fsp3) is 0.154. The van der Waals surface area contributed by atoms with Gasteiger partial charge in [-0.05, 0) is 67.1 Å². The number of amidine groups is 1. The van der Waals surface area contributed by atoms with E-state index < -0.39 is 0 Å². The van der Waals surface area contributed by atoms with E-state index in [-0.39, 0.29) is 5.91 Å². The van der Waals surface area contributed by atoms with Crippen molar-refractivity contribution < 1.29 is 9.53 Å². The third kappa shape index (κ3) is 3.92. The van der Waals surface area contributed by atoms with Crippen molar-refractivity contribution in [2.24, 2.45) is 4.99 Å². The lowest BCUT2D eigenvalue weighted by atomic mass is 10.1. The van der Waals surface area contributed by atoms with Gasteiger partial charge in [0.15, 0.2) is 5.17 Å². The van der Waals surface area contributed by atoms with Crippen molar-refractivity contribution in [3.8, 4) is 5.75 Å². The Morgan fingerprint density at radius 1 is 0.939 bits per heavy atom. The van der Waals surface area contributed by atoms with Crippen LogP contribution in [0.4, 0.5) is 17.1 Å². The van der Waals surface area contributed by atoms with E-state index in [4.69, 9.17) is 9.73 Å². The molecular weight excluding hydrogens is 450 g/mol. The van der Waals surface area contributed by atoms with Gasteiger partial charge < -0.3 is 9.64 Å². The molecule has 0 N–H and O–H groups in total. The largest absolute Gasteiger partial charge is 0.497 e. The lowest BCUT2D eigenvalue weighted by Crippen LogP contribution is -2.29. The van der Waals surface area contributed by atoms with E-state index >= 15 is 0 Å². The van der Waals surface area contributed by atoms with Gasteiger partial charge in [0, 0.05) is 18.0 Å². The zero-order chi connectivity index (χ0) is 23.1. The predicted octanol–water partition coefficient (Wildman–Crippen LogP) is 6.49. The Kier molecular flexibility index (Phi) is 5.68. The summed E-state index contributed by atoms with van der Waals surface area (Å²) >= 11 is 3.03. The summed E-state index contributed by atoms with van der Waals surface area (Å²) in [5, 5.41) is 1.56. The highest BCUT2D eigenvalue weighted by Crippen LogP contribution is 2.51. The number of benzene rings is 3. The van der Waals surface area contributed by atoms with Gasteiger partial charge in [-0.15, -0.1) is 0 Å². The molecule has 1 saturated heterocycles. The van der Waals surface area contributed by atoms with Crippen molar-refractivity contribution in [1.82, 2.24) is 0 Å². The molecule has 0 atom stereocenters. The first kappa shape index (κ1) is 21.7. The van der Waals surface area contributed by atoms with Crippen LogP contribution in [0.1, 0.15) is 11.1 Å². The van der Waals surface area contributed by atoms with Gasteiger partial charge >= 0.3 is 0 Å². The third-order valence-corrected chi connectivity index (χ3v) is 8.00. The summed E-state index contributed by atoms with van der Waals surface area (Å²) in [6.45, 7) is 4.09. The molecule has 1 amide bonds. The summed E-state index contributed by atoms with van der Waals surface area (Å²) in [7, 11) is 3.65. The summed E-state index contributed by atoms with van der Waals surface area (Å²) < 4.78 is 5.40. The topological polar surface area (TPSA) is 45.1 Å². The minimum absolute atomic E-state index is 0.0654. The molecule has 2 heterocycles. The Morgan fingerprint density at radius 2 is 1.73 bits per heavy atom. The van der Waals surface area contributed by atoms with Crippen molar-refractivity contribution in [1.29, 1.82) is 0 Å². The number of fused-ring (bicyclic) bond motifs is 1. The number of carbonyl (C=O) groups excluding carboxylic acids is 1. The summed E-state index contributed by atoms with van der Waals surface area (Å²) in [6, 6.07) is 21.9. The van der Waals surface area contributed by atoms with Crippen molar-refractivity contribution in [2.75, 3.05) is 24.0 Å². The first-order valence-electron chi connectivity index (χ1n) is 10.5. The minimum Gasteiger partial charge on any atom is -0.497 e. The number of aryl methyl sites for hydroxylation is 2. The van der Waals surface area contributed by atoms with Gasteiger partial charge in [0.05, 0.1) is 29.2 Å². The summed E-state index contributed by atoms with van der Waals surface area (Å²) in [4.78, 5) is 24.3. The Bertz CT molecular complexity index is 1320. The van der Waals surface area contributed by atoms with Gasteiger partial charge in [0.1, 0.15) is 10.7 Å². The normalized spacial score (nSPS) is 18.9. The zero-order valence-electron chi connectivity index (χ0n) is 18.8. The molecule has 0 saturated carbocycles. The molecule has 0 unspecified atom stereocenters. The maximum Gasteiger partial charge on any atom is 0.274 e. The number of rotatable bonds is 3. The second-order valence-corrected chi connectivity index (χ2v) is 9.90. The average Bonchev–Trinajstić information content (AvgIpc) is 3.32. The lowest BCUT2D eigenvalue weighted by molar-refractivity contribution is -0.113. The van der Waals surface area contributed by atoms with E-state index in [1.54, 1.807) is 23.8 Å². The molecule has 0 bridgehead atoms. The standard InChI is InChI=1S/C26H23N3O2S2/c1-16-10-11-17(2)20(14-16)27-26-29(18-8-6-5-7-9-18)24(30)23(33-26)25-28(3)21-15-19(31-4)12-13-22(21)32-25/h5-15H,1-4H3/b25-23+,27-26?. The molecule has 5 rings (SSSR count). The number of hydrogen-bond donors (Lipinski definition) is 0. The van der Waals surface area contributed by atoms with Crippen LogP contribution in [0.2, 0.25) is 0 Å². The van der Waals surface area contributed by atoms with Crippen LogP contribution in [0.5, 0.6) is 5.75 Å². The number of hydrogen-bond acceptors (Lipinski definition) is 6. The molecule has 0 radical (unpaired) electrons. The van der Waals surface area contributed by atoms with E-state index in [9.17, 15) is 4.79 Å². The maximum atomic E-state index is 13.8. The Hall–Kier alpha value is -3.16. The van der Waals surface area contributed by atoms with Crippen LogP contribution >= 0.6 is 23.5 Å². The first-order chi connectivity index (χ1) is 16.0. The SMILES string of the molecule is COc1ccc2c(c1)N(C)/C(=C1\SC(=Nc3cc(C)ccc3C)N(c3ccccc3)C1=O)S2. The smallest absolute Gasteiger partial charge is 0.274 e. The highest BCUT2D eigenvalue weighted by molar-refractivity contribution is 8.20. The molecule has 5 nitrogen and oxygen atoms in total. The monoisotopic (exact) mass is 473 g/mol. The number of ether oxygens (including phenoxy) is 1. The van der Waals surface area contributed by atoms with Crippen LogP contribution in [0.25, 0.3) is 0 Å². The molecular formula is C26H23N3O2S2. The van der Waals surface area contributed by atoms with E-state index in [2.05, 4.69) is 23.1 Å². The fourth-order valence-electron chi connectivity index (χ4n) is 3.78. The van der Waals surface area contributed by atoms with E-state index in [1.165, 1.54) is 11.8 Å². The van der Waals surface area contributed by atoms with Crippen LogP contribution < -0.4 is 14.5 Å². The lowest BCUT2D eigenvalue weighted by Gasteiger charge is -2.17. The molecule has 3 aromatic rings. The number of methoxy groups -OCH3 is 1. The highest BCUT2D eigenvalue weighted by atomic mass is 32.2. The number of anilines is 2.